The lowest BCUT2D eigenvalue weighted by molar-refractivity contribution is -0.118. The molecule has 0 atom stereocenters. The van der Waals surface area contributed by atoms with Crippen LogP contribution in [0.1, 0.15) is 50.2 Å². The third kappa shape index (κ3) is 5.55. The third-order valence-corrected chi connectivity index (χ3v) is 8.51. The summed E-state index contributed by atoms with van der Waals surface area (Å²) in [6, 6.07) is 32.5. The summed E-state index contributed by atoms with van der Waals surface area (Å²) in [5.41, 5.74) is 7.46. The number of piperidine rings is 1. The van der Waals surface area contributed by atoms with Crippen molar-refractivity contribution in [3.63, 3.8) is 0 Å². The molecule has 1 aromatic heterocycles. The van der Waals surface area contributed by atoms with Crippen molar-refractivity contribution in [2.75, 3.05) is 25.0 Å². The number of carbonyl (C=O) groups excluding carboxylic acids is 1. The van der Waals surface area contributed by atoms with Gasteiger partial charge in [-0.05, 0) is 85.4 Å². The average molecular weight is 530 g/mol. The Morgan fingerprint density at radius 2 is 1.68 bits per heavy atom. The molecular weight excluding hydrogens is 490 g/mol. The molecule has 1 fully saturated rings. The van der Waals surface area contributed by atoms with Gasteiger partial charge in [-0.3, -0.25) is 4.79 Å². The summed E-state index contributed by atoms with van der Waals surface area (Å²) >= 11 is 0. The normalized spacial score (nSPS) is 14.8. The number of amides is 1. The second-order valence-corrected chi connectivity index (χ2v) is 11.5. The van der Waals surface area contributed by atoms with Crippen LogP contribution in [0.2, 0.25) is 0 Å². The van der Waals surface area contributed by atoms with Crippen molar-refractivity contribution in [2.24, 2.45) is 5.92 Å². The molecule has 1 aliphatic rings. The molecule has 0 unspecified atom stereocenters. The second-order valence-electron chi connectivity index (χ2n) is 11.5. The zero-order valence-corrected chi connectivity index (χ0v) is 23.6. The first kappa shape index (κ1) is 26.3. The zero-order valence-electron chi connectivity index (χ0n) is 23.6. The summed E-state index contributed by atoms with van der Waals surface area (Å²) in [4.78, 5) is 18.6. The number of rotatable bonds is 8. The van der Waals surface area contributed by atoms with Gasteiger partial charge in [-0.2, -0.15) is 0 Å². The molecule has 4 heteroatoms. The van der Waals surface area contributed by atoms with Crippen molar-refractivity contribution in [1.82, 2.24) is 9.88 Å². The Morgan fingerprint density at radius 1 is 0.900 bits per heavy atom. The quantitative estimate of drug-likeness (QED) is 0.212. The highest BCUT2D eigenvalue weighted by Crippen LogP contribution is 2.35. The van der Waals surface area contributed by atoms with Crippen LogP contribution in [-0.4, -0.2) is 35.4 Å². The van der Waals surface area contributed by atoms with Gasteiger partial charge < -0.3 is 15.2 Å². The number of aromatic nitrogens is 1. The largest absolute Gasteiger partial charge is 0.354 e. The zero-order chi connectivity index (χ0) is 27.5. The number of carbonyl (C=O) groups is 1. The lowest BCUT2D eigenvalue weighted by Gasteiger charge is -2.32. The standard InChI is InChI=1S/C36H39N3O/c1-25(2)36(40)37-30-14-8-13-29(24-30)26-19-22-39(23-20-26)21-9-16-32-33-18-17-27-10-6-7-15-31(27)35(33)38-34(32)28-11-4-3-5-12-28/h3-8,10-15,17-18,24-26,38H,9,16,19-23H2,1-2H3,(H,37,40). The monoisotopic (exact) mass is 529 g/mol. The molecule has 0 radical (unpaired) electrons. The van der Waals surface area contributed by atoms with Crippen molar-refractivity contribution < 1.29 is 4.79 Å². The Morgan fingerprint density at radius 3 is 2.48 bits per heavy atom. The van der Waals surface area contributed by atoms with Crippen LogP contribution in [0.3, 0.4) is 0 Å². The molecule has 2 N–H and O–H groups in total. The molecule has 40 heavy (non-hydrogen) atoms. The van der Waals surface area contributed by atoms with Gasteiger partial charge in [-0.15, -0.1) is 0 Å². The van der Waals surface area contributed by atoms with E-state index in [0.29, 0.717) is 5.92 Å². The molecule has 0 aliphatic carbocycles. The molecule has 0 saturated carbocycles. The van der Waals surface area contributed by atoms with Gasteiger partial charge in [0.25, 0.3) is 0 Å². The summed E-state index contributed by atoms with van der Waals surface area (Å²) in [7, 11) is 0. The van der Waals surface area contributed by atoms with E-state index < -0.39 is 0 Å². The summed E-state index contributed by atoms with van der Waals surface area (Å²) in [5.74, 6) is 0.615. The number of aryl methyl sites for hydroxylation is 1. The van der Waals surface area contributed by atoms with Gasteiger partial charge in [0.2, 0.25) is 5.91 Å². The molecule has 4 aromatic carbocycles. The van der Waals surface area contributed by atoms with Crippen LogP contribution in [0, 0.1) is 5.92 Å². The maximum absolute atomic E-state index is 12.1. The molecule has 4 nitrogen and oxygen atoms in total. The summed E-state index contributed by atoms with van der Waals surface area (Å²) in [5, 5.41) is 6.97. The van der Waals surface area contributed by atoms with Gasteiger partial charge >= 0.3 is 0 Å². The number of aromatic amines is 1. The number of H-pyrrole nitrogens is 1. The van der Waals surface area contributed by atoms with Gasteiger partial charge in [0, 0.05) is 28.1 Å². The Hall–Kier alpha value is -3.89. The number of benzene rings is 4. The number of hydrogen-bond acceptors (Lipinski definition) is 2. The maximum atomic E-state index is 12.1. The van der Waals surface area contributed by atoms with E-state index in [-0.39, 0.29) is 11.8 Å². The molecule has 1 amide bonds. The van der Waals surface area contributed by atoms with Crippen molar-refractivity contribution in [1.29, 1.82) is 0 Å². The van der Waals surface area contributed by atoms with E-state index in [1.54, 1.807) is 0 Å². The van der Waals surface area contributed by atoms with Gasteiger partial charge in [-0.1, -0.05) is 92.7 Å². The Balaban J connectivity index is 1.12. The molecular formula is C36H39N3O. The Kier molecular flexibility index (Phi) is 7.70. The number of nitrogens with zero attached hydrogens (tertiary/aromatic N) is 1. The van der Waals surface area contributed by atoms with Crippen molar-refractivity contribution >= 4 is 33.3 Å². The minimum absolute atomic E-state index is 0.0146. The van der Waals surface area contributed by atoms with Crippen molar-refractivity contribution in [3.8, 4) is 11.3 Å². The van der Waals surface area contributed by atoms with Gasteiger partial charge in [0.05, 0.1) is 5.52 Å². The van der Waals surface area contributed by atoms with Gasteiger partial charge in [-0.25, -0.2) is 0 Å². The fourth-order valence-electron chi connectivity index (χ4n) is 6.23. The smallest absolute Gasteiger partial charge is 0.226 e. The highest BCUT2D eigenvalue weighted by molar-refractivity contribution is 6.08. The molecule has 0 bridgehead atoms. The molecule has 1 aliphatic heterocycles. The van der Waals surface area contributed by atoms with Crippen molar-refractivity contribution in [3.05, 3.63) is 102 Å². The second kappa shape index (κ2) is 11.7. The molecule has 6 rings (SSSR count). The summed E-state index contributed by atoms with van der Waals surface area (Å²) in [6.07, 6.45) is 4.52. The van der Waals surface area contributed by atoms with E-state index in [9.17, 15) is 4.79 Å². The first-order valence-corrected chi connectivity index (χ1v) is 14.8. The number of hydrogen-bond donors (Lipinski definition) is 2. The van der Waals surface area contributed by atoms with Crippen LogP contribution < -0.4 is 5.32 Å². The third-order valence-electron chi connectivity index (χ3n) is 8.51. The van der Waals surface area contributed by atoms with Crippen LogP contribution in [0.25, 0.3) is 32.9 Å². The summed E-state index contributed by atoms with van der Waals surface area (Å²) in [6.45, 7) is 7.22. The van der Waals surface area contributed by atoms with E-state index in [0.717, 1.165) is 51.0 Å². The highest BCUT2D eigenvalue weighted by Gasteiger charge is 2.22. The van der Waals surface area contributed by atoms with Gasteiger partial charge in [0.15, 0.2) is 0 Å². The fourth-order valence-corrected chi connectivity index (χ4v) is 6.23. The highest BCUT2D eigenvalue weighted by atomic mass is 16.1. The van der Waals surface area contributed by atoms with E-state index in [2.05, 4.69) is 100 Å². The van der Waals surface area contributed by atoms with Crippen LogP contribution in [0.15, 0.2) is 91.0 Å². The predicted octanol–water partition coefficient (Wildman–Crippen LogP) is 8.39. The SMILES string of the molecule is CC(C)C(=O)Nc1cccc(C2CCN(CCCc3c(-c4ccccc4)[nH]c4c3ccc3ccccc34)CC2)c1. The average Bonchev–Trinajstić information content (AvgIpc) is 3.37. The molecule has 204 valence electrons. The Labute approximate surface area is 237 Å². The first-order valence-electron chi connectivity index (χ1n) is 14.8. The lowest BCUT2D eigenvalue weighted by Crippen LogP contribution is -2.33. The maximum Gasteiger partial charge on any atom is 0.226 e. The van der Waals surface area contributed by atoms with Crippen LogP contribution in [0.4, 0.5) is 5.69 Å². The van der Waals surface area contributed by atoms with Crippen LogP contribution in [0.5, 0.6) is 0 Å². The van der Waals surface area contributed by atoms with Gasteiger partial charge in [0.1, 0.15) is 0 Å². The predicted molar refractivity (Wildman–Crippen MR) is 168 cm³/mol. The molecule has 5 aromatic rings. The van der Waals surface area contributed by atoms with E-state index >= 15 is 0 Å². The van der Waals surface area contributed by atoms with E-state index in [4.69, 9.17) is 0 Å². The number of anilines is 1. The van der Waals surface area contributed by atoms with Crippen molar-refractivity contribution in [2.45, 2.75) is 45.4 Å². The molecule has 1 saturated heterocycles. The fraction of sp³-hybridized carbons (Fsp3) is 0.306. The van der Waals surface area contributed by atoms with E-state index in [1.165, 1.54) is 44.1 Å². The van der Waals surface area contributed by atoms with Crippen LogP contribution >= 0.6 is 0 Å². The first-order chi connectivity index (χ1) is 19.6. The minimum Gasteiger partial charge on any atom is -0.354 e. The summed E-state index contributed by atoms with van der Waals surface area (Å²) < 4.78 is 0. The number of likely N-dealkylation sites (tertiary alicyclic amines) is 1. The number of nitrogens with one attached hydrogen (secondary N) is 2. The minimum atomic E-state index is -0.0146. The topological polar surface area (TPSA) is 48.1 Å². The van der Waals surface area contributed by atoms with E-state index in [1.807, 2.05) is 19.9 Å². The molecule has 2 heterocycles. The lowest BCUT2D eigenvalue weighted by atomic mass is 9.89. The molecule has 0 spiro atoms. The Bertz CT molecular complexity index is 1610. The number of fused-ring (bicyclic) bond motifs is 3. The van der Waals surface area contributed by atoms with Crippen LogP contribution in [-0.2, 0) is 11.2 Å².